The summed E-state index contributed by atoms with van der Waals surface area (Å²) in [4.78, 5) is 0. The third-order valence-corrected chi connectivity index (χ3v) is 4.11. The van der Waals surface area contributed by atoms with Gasteiger partial charge in [0.1, 0.15) is 11.5 Å². The Hall–Kier alpha value is -1.97. The van der Waals surface area contributed by atoms with Crippen molar-refractivity contribution in [1.82, 2.24) is 15.0 Å². The van der Waals surface area contributed by atoms with Gasteiger partial charge in [0.05, 0.1) is 5.52 Å². The predicted molar refractivity (Wildman–Crippen MR) is 79.1 cm³/mol. The van der Waals surface area contributed by atoms with Crippen LogP contribution in [0.15, 0.2) is 48.5 Å². The lowest BCUT2D eigenvalue weighted by molar-refractivity contribution is 0.458. The van der Waals surface area contributed by atoms with Crippen LogP contribution in [0, 0.1) is 0 Å². The molecule has 2 atom stereocenters. The maximum Gasteiger partial charge on any atom is 0.154 e. The summed E-state index contributed by atoms with van der Waals surface area (Å²) in [7, 11) is 1.89. The molecule has 1 N–H and O–H groups in total. The van der Waals surface area contributed by atoms with Crippen LogP contribution in [0.25, 0.3) is 11.0 Å². The van der Waals surface area contributed by atoms with Crippen LogP contribution >= 0.6 is 8.81 Å². The van der Waals surface area contributed by atoms with Crippen LogP contribution in [0.5, 0.6) is 5.75 Å². The van der Waals surface area contributed by atoms with E-state index >= 15 is 0 Å². The van der Waals surface area contributed by atoms with Crippen molar-refractivity contribution >= 4 is 19.8 Å². The fourth-order valence-corrected chi connectivity index (χ4v) is 2.99. The first-order valence-electron chi connectivity index (χ1n) is 6.17. The highest BCUT2D eigenvalue weighted by molar-refractivity contribution is 7.32. The largest absolute Gasteiger partial charge is 0.506 e. The number of aromatic nitrogens is 3. The lowest BCUT2D eigenvalue weighted by Crippen LogP contribution is -2.08. The van der Waals surface area contributed by atoms with Crippen molar-refractivity contribution in [3.05, 3.63) is 54.1 Å². The molecule has 0 saturated carbocycles. The Bertz CT molecular complexity index is 715. The van der Waals surface area contributed by atoms with E-state index in [1.165, 1.54) is 0 Å². The topological polar surface area (TPSA) is 60.2 Å². The molecule has 1 aromatic heterocycles. The summed E-state index contributed by atoms with van der Waals surface area (Å²) in [6.45, 7) is 0. The Kier molecular flexibility index (Phi) is 3.63. The maximum atomic E-state index is 9.82. The van der Waals surface area contributed by atoms with Gasteiger partial charge in [-0.3, -0.25) is 0 Å². The Labute approximate surface area is 118 Å². The Morgan fingerprint density at radius 1 is 1.15 bits per heavy atom. The zero-order valence-corrected chi connectivity index (χ0v) is 11.9. The molecule has 2 unspecified atom stereocenters. The van der Waals surface area contributed by atoms with Crippen LogP contribution in [0.4, 0.5) is 0 Å². The highest BCUT2D eigenvalue weighted by atomic mass is 31.1. The minimum Gasteiger partial charge on any atom is -0.506 e. The van der Waals surface area contributed by atoms with Crippen molar-refractivity contribution in [3.8, 4) is 5.75 Å². The molecule has 0 fully saturated rings. The number of phenols is 1. The zero-order valence-electron chi connectivity index (χ0n) is 10.9. The van der Waals surface area contributed by atoms with E-state index in [0.717, 1.165) is 11.1 Å². The van der Waals surface area contributed by atoms with Crippen LogP contribution in [-0.2, 0) is 4.52 Å². The molecule has 0 spiro atoms. The molecule has 20 heavy (non-hydrogen) atoms. The maximum absolute atomic E-state index is 9.82. The Balaban J connectivity index is 2.13. The van der Waals surface area contributed by atoms with Gasteiger partial charge in [0.15, 0.2) is 5.52 Å². The molecule has 5 nitrogen and oxygen atoms in total. The lowest BCUT2D eigenvalue weighted by atomic mass is 10.2. The first-order valence-corrected chi connectivity index (χ1v) is 7.16. The average molecular weight is 287 g/mol. The first kappa shape index (κ1) is 13.0. The molecule has 102 valence electrons. The van der Waals surface area contributed by atoms with Crippen LogP contribution in [0.3, 0.4) is 0 Å². The van der Waals surface area contributed by atoms with Crippen molar-refractivity contribution in [2.24, 2.45) is 0 Å². The molecular formula is C14H14N3O2P. The lowest BCUT2D eigenvalue weighted by Gasteiger charge is -2.17. The summed E-state index contributed by atoms with van der Waals surface area (Å²) in [5.74, 6) is 0.0920. The third-order valence-electron chi connectivity index (χ3n) is 3.07. The standard InChI is InChI=1S/C14H14N3O2P/c1-19-20-14(10-6-3-2-4-7-10)17-11-8-5-9-12(18)13(11)15-16-17/h2-9,14,18,20H,1H3. The van der Waals surface area contributed by atoms with Gasteiger partial charge in [0.25, 0.3) is 0 Å². The predicted octanol–water partition coefficient (Wildman–Crippen LogP) is 2.92. The van der Waals surface area contributed by atoms with E-state index in [0.29, 0.717) is 5.52 Å². The van der Waals surface area contributed by atoms with E-state index in [1.54, 1.807) is 23.9 Å². The van der Waals surface area contributed by atoms with E-state index in [-0.39, 0.29) is 20.3 Å². The van der Waals surface area contributed by atoms with Gasteiger partial charge in [-0.1, -0.05) is 41.6 Å². The second-order valence-electron chi connectivity index (χ2n) is 4.31. The van der Waals surface area contributed by atoms with Crippen LogP contribution in [-0.4, -0.2) is 27.2 Å². The van der Waals surface area contributed by atoms with Gasteiger partial charge < -0.3 is 9.63 Å². The molecule has 2 aromatic carbocycles. The number of hydrogen-bond acceptors (Lipinski definition) is 4. The normalized spacial score (nSPS) is 13.2. The molecule has 0 saturated heterocycles. The van der Waals surface area contributed by atoms with Gasteiger partial charge in [-0.25, -0.2) is 4.68 Å². The second kappa shape index (κ2) is 5.57. The number of nitrogens with zero attached hydrogens (tertiary/aromatic N) is 3. The van der Waals surface area contributed by atoms with E-state index in [9.17, 15) is 5.11 Å². The van der Waals surface area contributed by atoms with Crippen LogP contribution in [0.2, 0.25) is 0 Å². The molecule has 1 heterocycles. The molecule has 0 bridgehead atoms. The van der Waals surface area contributed by atoms with E-state index < -0.39 is 0 Å². The van der Waals surface area contributed by atoms with Gasteiger partial charge in [-0.15, -0.1) is 5.10 Å². The zero-order chi connectivity index (χ0) is 13.9. The third kappa shape index (κ3) is 2.26. The smallest absolute Gasteiger partial charge is 0.154 e. The molecule has 0 aliphatic heterocycles. The highest BCUT2D eigenvalue weighted by Gasteiger charge is 2.19. The number of phenolic OH excluding ortho intramolecular Hbond substituents is 1. The van der Waals surface area contributed by atoms with Gasteiger partial charge in [-0.05, 0) is 17.7 Å². The van der Waals surface area contributed by atoms with E-state index in [1.807, 2.05) is 36.4 Å². The summed E-state index contributed by atoms with van der Waals surface area (Å²) in [5, 5.41) is 18.1. The summed E-state index contributed by atoms with van der Waals surface area (Å²) >= 11 is 0. The highest BCUT2D eigenvalue weighted by Crippen LogP contribution is 2.38. The van der Waals surface area contributed by atoms with Crippen molar-refractivity contribution in [2.45, 2.75) is 5.78 Å². The van der Waals surface area contributed by atoms with E-state index in [4.69, 9.17) is 4.52 Å². The molecule has 3 rings (SSSR count). The molecule has 0 aliphatic rings. The number of hydrogen-bond donors (Lipinski definition) is 1. The summed E-state index contributed by atoms with van der Waals surface area (Å²) in [5.41, 5.74) is 2.40. The quantitative estimate of drug-likeness (QED) is 0.749. The SMILES string of the molecule is COPC(c1ccccc1)n1nnc2c(O)cccc21. The van der Waals surface area contributed by atoms with Crippen LogP contribution < -0.4 is 0 Å². The van der Waals surface area contributed by atoms with E-state index in [2.05, 4.69) is 10.3 Å². The molecule has 0 amide bonds. The number of rotatable bonds is 4. The molecule has 0 radical (unpaired) electrons. The monoisotopic (exact) mass is 287 g/mol. The summed E-state index contributed by atoms with van der Waals surface area (Å²) in [6.07, 6.45) is 0. The van der Waals surface area contributed by atoms with Gasteiger partial charge in [-0.2, -0.15) is 0 Å². The van der Waals surface area contributed by atoms with Crippen LogP contribution in [0.1, 0.15) is 11.3 Å². The van der Waals surface area contributed by atoms with Gasteiger partial charge in [0, 0.05) is 15.9 Å². The number of fused-ring (bicyclic) bond motifs is 1. The summed E-state index contributed by atoms with van der Waals surface area (Å²) in [6, 6.07) is 15.3. The number of benzene rings is 2. The minimum atomic E-state index is -0.0481. The molecule has 3 aromatic rings. The average Bonchev–Trinajstić information content (AvgIpc) is 2.91. The minimum absolute atomic E-state index is 0.0481. The fraction of sp³-hybridized carbons (Fsp3) is 0.143. The fourth-order valence-electron chi connectivity index (χ4n) is 2.14. The van der Waals surface area contributed by atoms with Crippen molar-refractivity contribution in [1.29, 1.82) is 0 Å². The second-order valence-corrected chi connectivity index (χ2v) is 5.50. The first-order chi connectivity index (χ1) is 9.81. The van der Waals surface area contributed by atoms with Gasteiger partial charge in [0.2, 0.25) is 0 Å². The van der Waals surface area contributed by atoms with Gasteiger partial charge >= 0.3 is 0 Å². The van der Waals surface area contributed by atoms with Crippen molar-refractivity contribution in [3.63, 3.8) is 0 Å². The number of aromatic hydroxyl groups is 1. The van der Waals surface area contributed by atoms with Crippen molar-refractivity contribution in [2.75, 3.05) is 7.11 Å². The summed E-state index contributed by atoms with van der Waals surface area (Å²) < 4.78 is 7.14. The molecular weight excluding hydrogens is 273 g/mol. The van der Waals surface area contributed by atoms with Crippen molar-refractivity contribution < 1.29 is 9.63 Å². The molecule has 0 aliphatic carbocycles. The Morgan fingerprint density at radius 2 is 1.95 bits per heavy atom. The Morgan fingerprint density at radius 3 is 2.70 bits per heavy atom. The molecule has 6 heteroatoms.